The van der Waals surface area contributed by atoms with Gasteiger partial charge in [0, 0.05) is 6.54 Å². The van der Waals surface area contributed by atoms with Crippen molar-refractivity contribution in [3.8, 4) is 12.3 Å². The molecular formula is C8H12N2O. The van der Waals surface area contributed by atoms with Crippen LogP contribution >= 0.6 is 0 Å². The Balaban J connectivity index is 2.57. The van der Waals surface area contributed by atoms with Crippen LogP contribution in [0.15, 0.2) is 0 Å². The summed E-state index contributed by atoms with van der Waals surface area (Å²) in [5.74, 6) is 2.47. The molecule has 0 aromatic carbocycles. The zero-order chi connectivity index (χ0) is 8.27. The largest absolute Gasteiger partial charge is 0.336 e. The van der Waals surface area contributed by atoms with E-state index in [1.165, 1.54) is 0 Å². The van der Waals surface area contributed by atoms with Gasteiger partial charge in [-0.05, 0) is 6.42 Å². The van der Waals surface area contributed by atoms with Crippen LogP contribution in [-0.4, -0.2) is 30.1 Å². The maximum absolute atomic E-state index is 11.1. The molecule has 1 unspecified atom stereocenters. The van der Waals surface area contributed by atoms with E-state index in [1.54, 1.807) is 4.90 Å². The summed E-state index contributed by atoms with van der Waals surface area (Å²) >= 11 is 0. The van der Waals surface area contributed by atoms with Crippen LogP contribution in [0.3, 0.4) is 0 Å². The van der Waals surface area contributed by atoms with Gasteiger partial charge in [-0.3, -0.25) is 0 Å². The van der Waals surface area contributed by atoms with Crippen LogP contribution < -0.4 is 5.32 Å². The maximum Gasteiger partial charge on any atom is 0.318 e. The van der Waals surface area contributed by atoms with Gasteiger partial charge in [-0.25, -0.2) is 4.79 Å². The average molecular weight is 152 g/mol. The molecule has 3 heteroatoms. The van der Waals surface area contributed by atoms with E-state index in [9.17, 15) is 4.79 Å². The summed E-state index contributed by atoms with van der Waals surface area (Å²) in [6.07, 6.45) is 6.07. The van der Waals surface area contributed by atoms with Crippen molar-refractivity contribution in [2.24, 2.45) is 0 Å². The van der Waals surface area contributed by atoms with Gasteiger partial charge in [0.2, 0.25) is 0 Å². The van der Waals surface area contributed by atoms with Gasteiger partial charge in [0.25, 0.3) is 0 Å². The zero-order valence-corrected chi connectivity index (χ0v) is 6.63. The smallest absolute Gasteiger partial charge is 0.318 e. The molecule has 60 valence electrons. The van der Waals surface area contributed by atoms with Crippen molar-refractivity contribution in [3.63, 3.8) is 0 Å². The number of urea groups is 1. The molecule has 1 rings (SSSR count). The first-order chi connectivity index (χ1) is 5.29. The first kappa shape index (κ1) is 7.93. The Hall–Kier alpha value is -1.17. The third-order valence-electron chi connectivity index (χ3n) is 1.92. The van der Waals surface area contributed by atoms with E-state index in [0.717, 1.165) is 13.0 Å². The second kappa shape index (κ2) is 3.29. The van der Waals surface area contributed by atoms with Gasteiger partial charge in [0.1, 0.15) is 0 Å². The Labute approximate surface area is 66.8 Å². The van der Waals surface area contributed by atoms with Crippen molar-refractivity contribution in [3.05, 3.63) is 0 Å². The fourth-order valence-corrected chi connectivity index (χ4v) is 1.25. The number of nitrogens with one attached hydrogen (secondary N) is 1. The molecule has 3 nitrogen and oxygen atoms in total. The number of hydrogen-bond donors (Lipinski definition) is 1. The molecule has 0 radical (unpaired) electrons. The highest BCUT2D eigenvalue weighted by molar-refractivity contribution is 5.77. The van der Waals surface area contributed by atoms with Crippen molar-refractivity contribution in [2.75, 3.05) is 13.1 Å². The van der Waals surface area contributed by atoms with Crippen molar-refractivity contribution < 1.29 is 4.79 Å². The molecule has 1 heterocycles. The zero-order valence-electron chi connectivity index (χ0n) is 6.63. The van der Waals surface area contributed by atoms with E-state index in [2.05, 4.69) is 18.2 Å². The van der Waals surface area contributed by atoms with Crippen LogP contribution in [0.1, 0.15) is 13.3 Å². The molecule has 0 aromatic rings. The summed E-state index contributed by atoms with van der Waals surface area (Å²) < 4.78 is 0. The van der Waals surface area contributed by atoms with Crippen LogP contribution in [-0.2, 0) is 0 Å². The molecule has 1 fully saturated rings. The fraction of sp³-hybridized carbons (Fsp3) is 0.625. The van der Waals surface area contributed by atoms with Crippen molar-refractivity contribution >= 4 is 6.03 Å². The third-order valence-corrected chi connectivity index (χ3v) is 1.92. The second-order valence-electron chi connectivity index (χ2n) is 2.58. The lowest BCUT2D eigenvalue weighted by Crippen LogP contribution is -2.33. The minimum atomic E-state index is -0.0326. The van der Waals surface area contributed by atoms with Gasteiger partial charge in [0.15, 0.2) is 0 Å². The highest BCUT2D eigenvalue weighted by Gasteiger charge is 2.27. The number of carbonyl (C=O) groups is 1. The summed E-state index contributed by atoms with van der Waals surface area (Å²) in [5, 5.41) is 2.75. The molecule has 11 heavy (non-hydrogen) atoms. The van der Waals surface area contributed by atoms with Gasteiger partial charge in [0.05, 0.1) is 12.6 Å². The Morgan fingerprint density at radius 2 is 2.64 bits per heavy atom. The molecule has 0 aliphatic carbocycles. The molecule has 1 atom stereocenters. The summed E-state index contributed by atoms with van der Waals surface area (Å²) in [6.45, 7) is 3.20. The van der Waals surface area contributed by atoms with Crippen LogP contribution in [0.5, 0.6) is 0 Å². The predicted molar refractivity (Wildman–Crippen MR) is 43.0 cm³/mol. The maximum atomic E-state index is 11.1. The molecule has 0 bridgehead atoms. The molecule has 1 aliphatic heterocycles. The lowest BCUT2D eigenvalue weighted by molar-refractivity contribution is 0.210. The predicted octanol–water partition coefficient (Wildman–Crippen LogP) is 0.423. The standard InChI is InChI=1S/C8H12N2O/c1-3-5-10-7(4-2)6-9-8(10)11/h1,7H,4-6H2,2H3,(H,9,11). The summed E-state index contributed by atoms with van der Waals surface area (Å²) in [6, 6.07) is 0.258. The highest BCUT2D eigenvalue weighted by atomic mass is 16.2. The highest BCUT2D eigenvalue weighted by Crippen LogP contribution is 2.08. The van der Waals surface area contributed by atoms with E-state index in [0.29, 0.717) is 12.6 Å². The number of rotatable bonds is 2. The minimum absolute atomic E-state index is 0.0326. The van der Waals surface area contributed by atoms with Gasteiger partial charge in [-0.15, -0.1) is 6.42 Å². The molecule has 0 saturated carbocycles. The monoisotopic (exact) mass is 152 g/mol. The van der Waals surface area contributed by atoms with Gasteiger partial charge < -0.3 is 10.2 Å². The van der Waals surface area contributed by atoms with Gasteiger partial charge in [-0.2, -0.15) is 0 Å². The van der Waals surface area contributed by atoms with Crippen molar-refractivity contribution in [1.29, 1.82) is 0 Å². The lowest BCUT2D eigenvalue weighted by atomic mass is 10.2. The average Bonchev–Trinajstić information content (AvgIpc) is 2.34. The Kier molecular flexibility index (Phi) is 2.37. The Bertz CT molecular complexity index is 195. The molecule has 0 spiro atoms. The van der Waals surface area contributed by atoms with Gasteiger partial charge in [-0.1, -0.05) is 12.8 Å². The summed E-state index contributed by atoms with van der Waals surface area (Å²) in [5.41, 5.74) is 0. The first-order valence-electron chi connectivity index (χ1n) is 3.77. The molecule has 1 saturated heterocycles. The summed E-state index contributed by atoms with van der Waals surface area (Å²) in [7, 11) is 0. The number of hydrogen-bond acceptors (Lipinski definition) is 1. The third kappa shape index (κ3) is 1.45. The Morgan fingerprint density at radius 1 is 1.91 bits per heavy atom. The van der Waals surface area contributed by atoms with Crippen LogP contribution in [0.2, 0.25) is 0 Å². The normalized spacial score (nSPS) is 23.1. The number of amides is 2. The van der Waals surface area contributed by atoms with E-state index < -0.39 is 0 Å². The molecule has 2 amide bonds. The SMILES string of the molecule is C#CCN1C(=O)NCC1CC. The van der Waals surface area contributed by atoms with E-state index >= 15 is 0 Å². The van der Waals surface area contributed by atoms with Crippen molar-refractivity contribution in [1.82, 2.24) is 10.2 Å². The molecular weight excluding hydrogens is 140 g/mol. The van der Waals surface area contributed by atoms with Crippen LogP contribution in [0.4, 0.5) is 4.79 Å². The molecule has 0 aromatic heterocycles. The topological polar surface area (TPSA) is 32.3 Å². The second-order valence-corrected chi connectivity index (χ2v) is 2.58. The Morgan fingerprint density at radius 3 is 3.18 bits per heavy atom. The van der Waals surface area contributed by atoms with E-state index in [4.69, 9.17) is 6.42 Å². The first-order valence-corrected chi connectivity index (χ1v) is 3.77. The molecule has 1 N–H and O–H groups in total. The van der Waals surface area contributed by atoms with E-state index in [1.807, 2.05) is 0 Å². The van der Waals surface area contributed by atoms with Gasteiger partial charge >= 0.3 is 6.03 Å². The molecule has 1 aliphatic rings. The summed E-state index contributed by atoms with van der Waals surface area (Å²) in [4.78, 5) is 12.7. The number of nitrogens with zero attached hydrogens (tertiary/aromatic N) is 1. The minimum Gasteiger partial charge on any atom is -0.336 e. The lowest BCUT2D eigenvalue weighted by Gasteiger charge is -2.18. The van der Waals surface area contributed by atoms with E-state index in [-0.39, 0.29) is 6.03 Å². The van der Waals surface area contributed by atoms with Crippen molar-refractivity contribution in [2.45, 2.75) is 19.4 Å². The quantitative estimate of drug-likeness (QED) is 0.571. The number of carbonyl (C=O) groups excluding carboxylic acids is 1. The van der Waals surface area contributed by atoms with Crippen LogP contribution in [0, 0.1) is 12.3 Å². The fourth-order valence-electron chi connectivity index (χ4n) is 1.25. The number of terminal acetylenes is 1. The van der Waals surface area contributed by atoms with Crippen LogP contribution in [0.25, 0.3) is 0 Å².